The lowest BCUT2D eigenvalue weighted by atomic mass is 9.74. The number of hydrogen-bond donors (Lipinski definition) is 2. The Morgan fingerprint density at radius 1 is 0.176 bits per heavy atom. The van der Waals surface area contributed by atoms with Crippen LogP contribution in [0.2, 0.25) is 0 Å². The molecule has 13 aromatic rings. The third-order valence-electron chi connectivity index (χ3n) is 13.8. The molecule has 0 radical (unpaired) electrons. The molecule has 2 heteroatoms. The molecule has 0 unspecified atom stereocenters. The Kier molecular flexibility index (Phi) is 9.54. The smallest absolute Gasteiger partial charge is 0.0544 e. The van der Waals surface area contributed by atoms with Gasteiger partial charge in [-0.1, -0.05) is 243 Å². The molecule has 13 rings (SSSR count). The van der Waals surface area contributed by atoms with E-state index in [1.54, 1.807) is 0 Å². The minimum atomic E-state index is 1.15. The quantitative estimate of drug-likeness (QED) is 0.153. The highest BCUT2D eigenvalue weighted by Gasteiger charge is 2.29. The Bertz CT molecular complexity index is 3590. The summed E-state index contributed by atoms with van der Waals surface area (Å²) in [7, 11) is 0. The zero-order chi connectivity index (χ0) is 45.0. The second-order valence-corrected chi connectivity index (χ2v) is 17.7. The molecule has 0 bridgehead atoms. The van der Waals surface area contributed by atoms with E-state index in [1.807, 2.05) is 0 Å². The number of nitrogens with one attached hydrogen (secondary N) is 2. The first-order valence-electron chi connectivity index (χ1n) is 23.4. The van der Waals surface area contributed by atoms with Gasteiger partial charge in [0.25, 0.3) is 0 Å². The summed E-state index contributed by atoms with van der Waals surface area (Å²) in [5, 5.41) is 4.95. The van der Waals surface area contributed by atoms with E-state index in [1.165, 1.54) is 77.2 Å². The van der Waals surface area contributed by atoms with Gasteiger partial charge in [0.15, 0.2) is 0 Å². The Morgan fingerprint density at radius 2 is 0.426 bits per heavy atom. The number of fused-ring (bicyclic) bond motifs is 6. The van der Waals surface area contributed by atoms with E-state index in [4.69, 9.17) is 0 Å². The number of aromatic amines is 2. The Morgan fingerprint density at radius 3 is 0.750 bits per heavy atom. The normalized spacial score (nSPS) is 11.5. The molecule has 0 aliphatic heterocycles. The second-order valence-electron chi connectivity index (χ2n) is 17.7. The minimum Gasteiger partial charge on any atom is -0.354 e. The molecule has 0 atom stereocenters. The van der Waals surface area contributed by atoms with Crippen molar-refractivity contribution < 1.29 is 0 Å². The van der Waals surface area contributed by atoms with Gasteiger partial charge in [-0.05, 0) is 90.0 Å². The Labute approximate surface area is 395 Å². The Balaban J connectivity index is 1.11. The van der Waals surface area contributed by atoms with Crippen LogP contribution < -0.4 is 0 Å². The zero-order valence-corrected chi connectivity index (χ0v) is 37.2. The molecule has 0 saturated heterocycles. The van der Waals surface area contributed by atoms with E-state index < -0.39 is 0 Å². The van der Waals surface area contributed by atoms with Crippen molar-refractivity contribution in [1.29, 1.82) is 0 Å². The van der Waals surface area contributed by atoms with Crippen LogP contribution in [0.5, 0.6) is 0 Å². The fraction of sp³-hybridized carbons (Fsp3) is 0. The van der Waals surface area contributed by atoms with E-state index in [2.05, 4.69) is 265 Å². The first-order chi connectivity index (χ1) is 33.8. The molecule has 0 aliphatic carbocycles. The lowest BCUT2D eigenvalue weighted by Crippen LogP contribution is -2.02. The fourth-order valence-corrected chi connectivity index (χ4v) is 10.8. The summed E-state index contributed by atoms with van der Waals surface area (Å²) in [6.07, 6.45) is 0. The summed E-state index contributed by atoms with van der Waals surface area (Å²) >= 11 is 0. The van der Waals surface area contributed by atoms with Crippen molar-refractivity contribution in [2.75, 3.05) is 0 Å². The molecule has 0 saturated carbocycles. The number of para-hydroxylation sites is 4. The summed E-state index contributed by atoms with van der Waals surface area (Å²) in [4.78, 5) is 7.50. The third-order valence-corrected chi connectivity index (χ3v) is 13.8. The number of aromatic nitrogens is 2. The number of rotatable bonds is 8. The van der Waals surface area contributed by atoms with Crippen LogP contribution >= 0.6 is 0 Å². The van der Waals surface area contributed by atoms with Crippen LogP contribution in [0, 0.1) is 0 Å². The average molecular weight is 865 g/mol. The maximum atomic E-state index is 3.75. The first-order valence-corrected chi connectivity index (χ1v) is 23.4. The van der Waals surface area contributed by atoms with Gasteiger partial charge in [0.1, 0.15) is 0 Å². The van der Waals surface area contributed by atoms with Crippen molar-refractivity contribution in [3.63, 3.8) is 0 Å². The van der Waals surface area contributed by atoms with Crippen molar-refractivity contribution in [2.45, 2.75) is 0 Å². The molecule has 0 aliphatic rings. The molecule has 2 aromatic heterocycles. The van der Waals surface area contributed by atoms with Gasteiger partial charge in [0.2, 0.25) is 0 Å². The zero-order valence-electron chi connectivity index (χ0n) is 37.2. The SMILES string of the molecule is c1ccc(-c2c(-c3ccccc3)c(-c3ccc(-c4cccc5c4[nH]c4ccccc45)cc3)c(-c3ccccc3)c(-c3ccccc3)c2-c2ccc(-c3cccc4c3[nH]c3ccccc34)cc2)cc1. The Hall–Kier alpha value is -8.98. The topological polar surface area (TPSA) is 31.6 Å². The van der Waals surface area contributed by atoms with Crippen LogP contribution in [0.3, 0.4) is 0 Å². The van der Waals surface area contributed by atoms with Crippen LogP contribution in [0.25, 0.3) is 133 Å². The van der Waals surface area contributed by atoms with Crippen molar-refractivity contribution in [3.05, 3.63) is 255 Å². The summed E-state index contributed by atoms with van der Waals surface area (Å²) in [6.45, 7) is 0. The number of benzene rings is 11. The van der Waals surface area contributed by atoms with Gasteiger partial charge in [-0.25, -0.2) is 0 Å². The van der Waals surface area contributed by atoms with Gasteiger partial charge < -0.3 is 9.97 Å². The van der Waals surface area contributed by atoms with Gasteiger partial charge in [-0.15, -0.1) is 0 Å². The molecular formula is C66H44N2. The first kappa shape index (κ1) is 39.4. The van der Waals surface area contributed by atoms with Crippen molar-refractivity contribution >= 4 is 43.6 Å². The molecule has 0 amide bonds. The van der Waals surface area contributed by atoms with E-state index in [-0.39, 0.29) is 0 Å². The van der Waals surface area contributed by atoms with Crippen molar-refractivity contribution in [1.82, 2.24) is 9.97 Å². The standard InChI is InChI=1S/C66H44N2/c1-5-19-45(20-6-1)59-60(46-21-7-2-8-22-46)64(50-41-37-44(38-42-50)52-30-18-32-56-54-28-14-16-34-58(54)68-66(52)56)62(48-25-11-4-12-26-48)61(47-23-9-3-10-24-47)63(59)49-39-35-43(36-40-49)51-29-17-31-55-53-27-13-15-33-57(53)67-65(51)55/h1-42,67-68H. The van der Waals surface area contributed by atoms with E-state index in [0.29, 0.717) is 0 Å². The second kappa shape index (κ2) is 16.5. The number of hydrogen-bond acceptors (Lipinski definition) is 0. The van der Waals surface area contributed by atoms with Gasteiger partial charge >= 0.3 is 0 Å². The van der Waals surface area contributed by atoms with E-state index in [0.717, 1.165) is 55.4 Å². The number of H-pyrrole nitrogens is 2. The molecular weight excluding hydrogens is 821 g/mol. The molecule has 2 N–H and O–H groups in total. The molecule has 318 valence electrons. The summed E-state index contributed by atoms with van der Waals surface area (Å²) in [5.74, 6) is 0. The van der Waals surface area contributed by atoms with Gasteiger partial charge in [0, 0.05) is 43.7 Å². The molecule has 2 heterocycles. The fourth-order valence-electron chi connectivity index (χ4n) is 10.8. The highest BCUT2D eigenvalue weighted by molar-refractivity contribution is 6.16. The highest BCUT2D eigenvalue weighted by Crippen LogP contribution is 2.56. The van der Waals surface area contributed by atoms with Gasteiger partial charge in [-0.3, -0.25) is 0 Å². The van der Waals surface area contributed by atoms with E-state index in [9.17, 15) is 0 Å². The largest absolute Gasteiger partial charge is 0.354 e. The van der Waals surface area contributed by atoms with Crippen LogP contribution in [-0.2, 0) is 0 Å². The molecule has 0 fully saturated rings. The van der Waals surface area contributed by atoms with Crippen LogP contribution in [-0.4, -0.2) is 9.97 Å². The molecule has 68 heavy (non-hydrogen) atoms. The van der Waals surface area contributed by atoms with E-state index >= 15 is 0 Å². The minimum absolute atomic E-state index is 1.15. The van der Waals surface area contributed by atoms with Crippen LogP contribution in [0.15, 0.2) is 255 Å². The monoisotopic (exact) mass is 864 g/mol. The summed E-state index contributed by atoms with van der Waals surface area (Å²) < 4.78 is 0. The van der Waals surface area contributed by atoms with Crippen molar-refractivity contribution in [2.24, 2.45) is 0 Å². The maximum Gasteiger partial charge on any atom is 0.0544 e. The summed E-state index contributed by atoms with van der Waals surface area (Å²) in [5.41, 5.74) is 23.4. The van der Waals surface area contributed by atoms with Crippen LogP contribution in [0.1, 0.15) is 0 Å². The highest BCUT2D eigenvalue weighted by atomic mass is 14.7. The predicted octanol–water partition coefficient (Wildman–Crippen LogP) is 18.3. The lowest BCUT2D eigenvalue weighted by molar-refractivity contribution is 1.50. The van der Waals surface area contributed by atoms with Crippen molar-refractivity contribution in [3.8, 4) is 89.0 Å². The maximum absolute atomic E-state index is 3.75. The average Bonchev–Trinajstić information content (AvgIpc) is 4.00. The third kappa shape index (κ3) is 6.57. The lowest BCUT2D eigenvalue weighted by Gasteiger charge is -2.29. The van der Waals surface area contributed by atoms with Crippen LogP contribution in [0.4, 0.5) is 0 Å². The predicted molar refractivity (Wildman–Crippen MR) is 289 cm³/mol. The molecule has 0 spiro atoms. The summed E-state index contributed by atoms with van der Waals surface area (Å²) in [6, 6.07) is 93.1. The molecule has 2 nitrogen and oxygen atoms in total. The van der Waals surface area contributed by atoms with Gasteiger partial charge in [-0.2, -0.15) is 0 Å². The molecule has 11 aromatic carbocycles. The van der Waals surface area contributed by atoms with Gasteiger partial charge in [0.05, 0.1) is 11.0 Å².